The molecule has 1 N–H and O–H groups in total. The average Bonchev–Trinajstić information content (AvgIpc) is 2.65. The minimum absolute atomic E-state index is 0.349. The Kier molecular flexibility index (Phi) is 4.85. The number of anilines is 1. The van der Waals surface area contributed by atoms with E-state index in [1.807, 2.05) is 11.8 Å². The minimum Gasteiger partial charge on any atom is -0.478 e. The molecule has 0 radical (unpaired) electrons. The summed E-state index contributed by atoms with van der Waals surface area (Å²) in [7, 11) is 0. The van der Waals surface area contributed by atoms with Gasteiger partial charge in [0.05, 0.1) is 0 Å². The number of benzene rings is 1. The fraction of sp³-hybridized carbons (Fsp3) is 0.357. The second kappa shape index (κ2) is 6.61. The SMILES string of the molecule is O=C(O)/C=C/c1cc(F)ccc1N1CCCSCC1. The highest BCUT2D eigenvalue weighted by atomic mass is 32.2. The third kappa shape index (κ3) is 3.99. The van der Waals surface area contributed by atoms with Gasteiger partial charge in [0.15, 0.2) is 0 Å². The van der Waals surface area contributed by atoms with Crippen molar-refractivity contribution in [2.45, 2.75) is 6.42 Å². The van der Waals surface area contributed by atoms with Gasteiger partial charge in [-0.2, -0.15) is 11.8 Å². The molecule has 2 rings (SSSR count). The summed E-state index contributed by atoms with van der Waals surface area (Å²) < 4.78 is 13.3. The first kappa shape index (κ1) is 13.9. The van der Waals surface area contributed by atoms with Crippen molar-refractivity contribution in [1.82, 2.24) is 0 Å². The van der Waals surface area contributed by atoms with Gasteiger partial charge < -0.3 is 10.0 Å². The fourth-order valence-corrected chi connectivity index (χ4v) is 2.98. The molecule has 5 heteroatoms. The number of aliphatic carboxylic acids is 1. The zero-order valence-electron chi connectivity index (χ0n) is 10.5. The normalized spacial score (nSPS) is 16.6. The summed E-state index contributed by atoms with van der Waals surface area (Å²) >= 11 is 1.91. The van der Waals surface area contributed by atoms with Gasteiger partial charge in [0.1, 0.15) is 5.82 Å². The molecule has 0 spiro atoms. The molecule has 1 aliphatic heterocycles. The molecule has 0 atom stereocenters. The van der Waals surface area contributed by atoms with E-state index >= 15 is 0 Å². The van der Waals surface area contributed by atoms with Gasteiger partial charge in [-0.25, -0.2) is 9.18 Å². The van der Waals surface area contributed by atoms with E-state index in [2.05, 4.69) is 4.90 Å². The Morgan fingerprint density at radius 2 is 2.21 bits per heavy atom. The van der Waals surface area contributed by atoms with Gasteiger partial charge in [0.25, 0.3) is 0 Å². The van der Waals surface area contributed by atoms with E-state index in [0.717, 1.165) is 42.8 Å². The molecule has 19 heavy (non-hydrogen) atoms. The predicted octanol–water partition coefficient (Wildman–Crippen LogP) is 2.87. The molecule has 0 amide bonds. The number of hydrogen-bond donors (Lipinski definition) is 1. The van der Waals surface area contributed by atoms with E-state index in [0.29, 0.717) is 5.56 Å². The van der Waals surface area contributed by atoms with Crippen molar-refractivity contribution in [2.24, 2.45) is 0 Å². The Morgan fingerprint density at radius 3 is 3.00 bits per heavy atom. The molecular weight excluding hydrogens is 265 g/mol. The lowest BCUT2D eigenvalue weighted by Gasteiger charge is -2.24. The van der Waals surface area contributed by atoms with Crippen LogP contribution in [0.3, 0.4) is 0 Å². The molecule has 1 heterocycles. The van der Waals surface area contributed by atoms with Crippen LogP contribution in [0.15, 0.2) is 24.3 Å². The maximum atomic E-state index is 13.3. The van der Waals surface area contributed by atoms with Crippen LogP contribution in [0.1, 0.15) is 12.0 Å². The molecule has 1 aliphatic rings. The lowest BCUT2D eigenvalue weighted by atomic mass is 10.1. The summed E-state index contributed by atoms with van der Waals surface area (Å²) in [5.41, 5.74) is 1.52. The van der Waals surface area contributed by atoms with Crippen molar-refractivity contribution in [1.29, 1.82) is 0 Å². The van der Waals surface area contributed by atoms with E-state index in [1.165, 1.54) is 18.2 Å². The largest absolute Gasteiger partial charge is 0.478 e. The third-order valence-electron chi connectivity index (χ3n) is 2.96. The van der Waals surface area contributed by atoms with Crippen LogP contribution < -0.4 is 4.90 Å². The number of carbonyl (C=O) groups is 1. The van der Waals surface area contributed by atoms with Gasteiger partial charge in [0.2, 0.25) is 0 Å². The van der Waals surface area contributed by atoms with Crippen LogP contribution >= 0.6 is 11.8 Å². The van der Waals surface area contributed by atoms with Crippen LogP contribution in [0, 0.1) is 5.82 Å². The number of rotatable bonds is 3. The second-order valence-corrected chi connectivity index (χ2v) is 5.55. The third-order valence-corrected chi connectivity index (χ3v) is 4.01. The van der Waals surface area contributed by atoms with Gasteiger partial charge in [-0.3, -0.25) is 0 Å². The molecule has 3 nitrogen and oxygen atoms in total. The first-order valence-corrected chi connectivity index (χ1v) is 7.35. The highest BCUT2D eigenvalue weighted by Gasteiger charge is 2.13. The molecule has 1 saturated heterocycles. The van der Waals surface area contributed by atoms with Gasteiger partial charge in [-0.05, 0) is 36.4 Å². The van der Waals surface area contributed by atoms with Gasteiger partial charge in [-0.1, -0.05) is 0 Å². The summed E-state index contributed by atoms with van der Waals surface area (Å²) in [4.78, 5) is 12.8. The van der Waals surface area contributed by atoms with Crippen LogP contribution in [0.4, 0.5) is 10.1 Å². The molecule has 0 bridgehead atoms. The number of hydrogen-bond acceptors (Lipinski definition) is 3. The van der Waals surface area contributed by atoms with Gasteiger partial charge >= 0.3 is 5.97 Å². The molecule has 1 aromatic rings. The molecule has 1 aromatic carbocycles. The van der Waals surface area contributed by atoms with Crippen molar-refractivity contribution in [3.8, 4) is 0 Å². The van der Waals surface area contributed by atoms with Crippen LogP contribution in [0.25, 0.3) is 6.08 Å². The van der Waals surface area contributed by atoms with Crippen molar-refractivity contribution < 1.29 is 14.3 Å². The molecular formula is C14H16FNO2S. The Hall–Kier alpha value is -1.49. The highest BCUT2D eigenvalue weighted by Crippen LogP contribution is 2.25. The Morgan fingerprint density at radius 1 is 1.37 bits per heavy atom. The number of nitrogens with zero attached hydrogens (tertiary/aromatic N) is 1. The lowest BCUT2D eigenvalue weighted by Crippen LogP contribution is -2.26. The van der Waals surface area contributed by atoms with Crippen molar-refractivity contribution in [3.05, 3.63) is 35.7 Å². The van der Waals surface area contributed by atoms with Crippen molar-refractivity contribution >= 4 is 29.5 Å². The smallest absolute Gasteiger partial charge is 0.328 e. The minimum atomic E-state index is -1.03. The van der Waals surface area contributed by atoms with E-state index in [9.17, 15) is 9.18 Å². The van der Waals surface area contributed by atoms with Gasteiger partial charge in [-0.15, -0.1) is 0 Å². The van der Waals surface area contributed by atoms with Crippen LogP contribution in [-0.4, -0.2) is 35.7 Å². The average molecular weight is 281 g/mol. The van der Waals surface area contributed by atoms with Crippen LogP contribution in [0.5, 0.6) is 0 Å². The maximum Gasteiger partial charge on any atom is 0.328 e. The number of thioether (sulfide) groups is 1. The summed E-state index contributed by atoms with van der Waals surface area (Å²) in [5, 5.41) is 8.69. The Balaban J connectivity index is 2.29. The molecule has 0 saturated carbocycles. The number of halogens is 1. The Labute approximate surface area is 116 Å². The van der Waals surface area contributed by atoms with Crippen LogP contribution in [0.2, 0.25) is 0 Å². The van der Waals surface area contributed by atoms with Gasteiger partial charge in [0, 0.05) is 36.2 Å². The summed E-state index contributed by atoms with van der Waals surface area (Å²) in [6.07, 6.45) is 3.59. The molecule has 0 aliphatic carbocycles. The summed E-state index contributed by atoms with van der Waals surface area (Å²) in [5.74, 6) is 0.803. The quantitative estimate of drug-likeness (QED) is 0.865. The Bertz CT molecular complexity index is 482. The number of carboxylic acids is 1. The highest BCUT2D eigenvalue weighted by molar-refractivity contribution is 7.99. The standard InChI is InChI=1S/C14H16FNO2S/c15-12-3-4-13(11(10-12)2-5-14(17)18)16-6-1-8-19-9-7-16/h2-5,10H,1,6-9H2,(H,17,18)/b5-2+. The van der Waals surface area contributed by atoms with E-state index in [4.69, 9.17) is 5.11 Å². The van der Waals surface area contributed by atoms with Crippen LogP contribution in [-0.2, 0) is 4.79 Å². The predicted molar refractivity (Wildman–Crippen MR) is 77.2 cm³/mol. The van der Waals surface area contributed by atoms with E-state index < -0.39 is 5.97 Å². The second-order valence-electron chi connectivity index (χ2n) is 4.33. The molecule has 0 unspecified atom stereocenters. The topological polar surface area (TPSA) is 40.5 Å². The number of carboxylic acid groups (broad SMARTS) is 1. The molecule has 102 valence electrons. The zero-order chi connectivity index (χ0) is 13.7. The van der Waals surface area contributed by atoms with E-state index in [-0.39, 0.29) is 5.82 Å². The first-order valence-electron chi connectivity index (χ1n) is 6.20. The summed E-state index contributed by atoms with van der Waals surface area (Å²) in [6, 6.07) is 4.53. The lowest BCUT2D eigenvalue weighted by molar-refractivity contribution is -0.131. The first-order chi connectivity index (χ1) is 9.16. The van der Waals surface area contributed by atoms with Crippen molar-refractivity contribution in [3.63, 3.8) is 0 Å². The van der Waals surface area contributed by atoms with E-state index in [1.54, 1.807) is 6.07 Å². The maximum absolute atomic E-state index is 13.3. The molecule has 0 aromatic heterocycles. The zero-order valence-corrected chi connectivity index (χ0v) is 11.3. The summed E-state index contributed by atoms with van der Waals surface area (Å²) in [6.45, 7) is 1.83. The molecule has 1 fully saturated rings. The van der Waals surface area contributed by atoms with Crippen molar-refractivity contribution in [2.75, 3.05) is 29.5 Å². The fourth-order valence-electron chi connectivity index (χ4n) is 2.09. The monoisotopic (exact) mass is 281 g/mol.